The van der Waals surface area contributed by atoms with Gasteiger partial charge in [-0.3, -0.25) is 4.79 Å². The van der Waals surface area contributed by atoms with Crippen LogP contribution in [-0.4, -0.2) is 19.1 Å². The van der Waals surface area contributed by atoms with Crippen molar-refractivity contribution in [3.05, 3.63) is 53.6 Å². The van der Waals surface area contributed by atoms with Gasteiger partial charge in [-0.2, -0.15) is 0 Å². The number of halogens is 1. The number of carbonyl (C=O) groups is 1. The quantitative estimate of drug-likeness (QED) is 0.884. The van der Waals surface area contributed by atoms with Crippen molar-refractivity contribution in [3.8, 4) is 11.5 Å². The van der Waals surface area contributed by atoms with Crippen LogP contribution in [0.2, 0.25) is 5.02 Å². The third kappa shape index (κ3) is 4.68. The number of benzene rings is 2. The van der Waals surface area contributed by atoms with Crippen LogP contribution in [0.4, 0.5) is 5.69 Å². The van der Waals surface area contributed by atoms with Crippen LogP contribution >= 0.6 is 11.6 Å². The van der Waals surface area contributed by atoms with E-state index in [2.05, 4.69) is 5.32 Å². The van der Waals surface area contributed by atoms with Crippen LogP contribution < -0.4 is 14.8 Å². The molecule has 0 aliphatic heterocycles. The molecule has 1 N–H and O–H groups in total. The number of amides is 1. The summed E-state index contributed by atoms with van der Waals surface area (Å²) in [6.45, 7) is 2.33. The summed E-state index contributed by atoms with van der Waals surface area (Å²) in [6, 6.07) is 14.2. The van der Waals surface area contributed by atoms with Crippen molar-refractivity contribution in [2.75, 3.05) is 18.5 Å². The molecular weight excluding hydrogens is 290 g/mol. The number of ether oxygens (including phenoxy) is 2. The molecule has 0 radical (unpaired) electrons. The highest BCUT2D eigenvalue weighted by atomic mass is 35.5. The van der Waals surface area contributed by atoms with Gasteiger partial charge in [-0.25, -0.2) is 0 Å². The number of anilines is 1. The number of para-hydroxylation sites is 2. The second-order valence-electron chi connectivity index (χ2n) is 4.22. The van der Waals surface area contributed by atoms with Crippen molar-refractivity contribution in [1.82, 2.24) is 0 Å². The molecule has 1 amide bonds. The molecule has 0 bridgehead atoms. The van der Waals surface area contributed by atoms with Crippen molar-refractivity contribution in [2.45, 2.75) is 6.92 Å². The van der Waals surface area contributed by atoms with Gasteiger partial charge in [0.1, 0.15) is 11.5 Å². The molecule has 0 aliphatic carbocycles. The summed E-state index contributed by atoms with van der Waals surface area (Å²) < 4.78 is 10.8. The fraction of sp³-hybridized carbons (Fsp3) is 0.188. The zero-order valence-corrected chi connectivity index (χ0v) is 12.4. The second kappa shape index (κ2) is 7.55. The lowest BCUT2D eigenvalue weighted by Crippen LogP contribution is -2.20. The van der Waals surface area contributed by atoms with E-state index in [0.29, 0.717) is 28.8 Å². The Hall–Kier alpha value is -2.20. The van der Waals surface area contributed by atoms with Crippen LogP contribution in [0.5, 0.6) is 11.5 Å². The minimum absolute atomic E-state index is 0.0964. The predicted octanol–water partition coefficient (Wildman–Crippen LogP) is 3.76. The molecule has 21 heavy (non-hydrogen) atoms. The summed E-state index contributed by atoms with van der Waals surface area (Å²) in [7, 11) is 0. The van der Waals surface area contributed by atoms with E-state index in [0.717, 1.165) is 0 Å². The predicted molar refractivity (Wildman–Crippen MR) is 83.2 cm³/mol. The number of hydrogen-bond acceptors (Lipinski definition) is 3. The van der Waals surface area contributed by atoms with Gasteiger partial charge in [0, 0.05) is 5.02 Å². The summed E-state index contributed by atoms with van der Waals surface area (Å²) in [4.78, 5) is 11.9. The van der Waals surface area contributed by atoms with Crippen LogP contribution in [0.3, 0.4) is 0 Å². The third-order valence-electron chi connectivity index (χ3n) is 2.63. The molecule has 5 heteroatoms. The standard InChI is InChI=1S/C16H16ClNO3/c1-2-20-15-9-4-3-8-14(15)18-16(19)11-21-13-7-5-6-12(17)10-13/h3-10H,2,11H2,1H3,(H,18,19). The van der Waals surface area contributed by atoms with Gasteiger partial charge < -0.3 is 14.8 Å². The van der Waals surface area contributed by atoms with Crippen molar-refractivity contribution in [3.63, 3.8) is 0 Å². The first-order valence-corrected chi connectivity index (χ1v) is 6.97. The average molecular weight is 306 g/mol. The lowest BCUT2D eigenvalue weighted by atomic mass is 10.3. The van der Waals surface area contributed by atoms with E-state index in [-0.39, 0.29) is 12.5 Å². The van der Waals surface area contributed by atoms with Gasteiger partial charge in [-0.15, -0.1) is 0 Å². The average Bonchev–Trinajstić information content (AvgIpc) is 2.48. The number of carbonyl (C=O) groups excluding carboxylic acids is 1. The van der Waals surface area contributed by atoms with Gasteiger partial charge in [0.05, 0.1) is 12.3 Å². The maximum absolute atomic E-state index is 11.9. The maximum atomic E-state index is 11.9. The zero-order chi connectivity index (χ0) is 15.1. The largest absolute Gasteiger partial charge is 0.492 e. The van der Waals surface area contributed by atoms with E-state index in [1.165, 1.54) is 0 Å². The van der Waals surface area contributed by atoms with E-state index >= 15 is 0 Å². The molecule has 0 spiro atoms. The molecule has 4 nitrogen and oxygen atoms in total. The van der Waals surface area contributed by atoms with Gasteiger partial charge >= 0.3 is 0 Å². The highest BCUT2D eigenvalue weighted by Gasteiger charge is 2.08. The third-order valence-corrected chi connectivity index (χ3v) is 2.86. The first-order chi connectivity index (χ1) is 10.2. The number of hydrogen-bond donors (Lipinski definition) is 1. The summed E-state index contributed by atoms with van der Waals surface area (Å²) in [6.07, 6.45) is 0. The Balaban J connectivity index is 1.93. The minimum atomic E-state index is -0.262. The first-order valence-electron chi connectivity index (χ1n) is 6.59. The Morgan fingerprint density at radius 2 is 1.95 bits per heavy atom. The molecule has 0 saturated heterocycles. The molecule has 0 fully saturated rings. The molecule has 0 aliphatic rings. The highest BCUT2D eigenvalue weighted by molar-refractivity contribution is 6.30. The topological polar surface area (TPSA) is 47.6 Å². The molecule has 0 unspecified atom stereocenters. The van der Waals surface area contributed by atoms with Crippen LogP contribution in [0.15, 0.2) is 48.5 Å². The van der Waals surface area contributed by atoms with Crippen LogP contribution in [-0.2, 0) is 4.79 Å². The van der Waals surface area contributed by atoms with Crippen LogP contribution in [0.1, 0.15) is 6.92 Å². The van der Waals surface area contributed by atoms with Crippen LogP contribution in [0, 0.1) is 0 Å². The molecule has 2 rings (SSSR count). The van der Waals surface area contributed by atoms with E-state index in [9.17, 15) is 4.79 Å². The highest BCUT2D eigenvalue weighted by Crippen LogP contribution is 2.23. The normalized spacial score (nSPS) is 10.0. The molecule has 0 saturated carbocycles. The minimum Gasteiger partial charge on any atom is -0.492 e. The van der Waals surface area contributed by atoms with E-state index < -0.39 is 0 Å². The lowest BCUT2D eigenvalue weighted by molar-refractivity contribution is -0.118. The molecule has 0 heterocycles. The van der Waals surface area contributed by atoms with Crippen molar-refractivity contribution >= 4 is 23.2 Å². The van der Waals surface area contributed by atoms with Gasteiger partial charge in [0.25, 0.3) is 5.91 Å². The Kier molecular flexibility index (Phi) is 5.46. The molecule has 2 aromatic rings. The van der Waals surface area contributed by atoms with E-state index in [4.69, 9.17) is 21.1 Å². The van der Waals surface area contributed by atoms with E-state index in [1.54, 1.807) is 36.4 Å². The van der Waals surface area contributed by atoms with Crippen molar-refractivity contribution in [2.24, 2.45) is 0 Å². The Bertz CT molecular complexity index is 616. The van der Waals surface area contributed by atoms with Crippen LogP contribution in [0.25, 0.3) is 0 Å². The Morgan fingerprint density at radius 3 is 2.71 bits per heavy atom. The van der Waals surface area contributed by atoms with Gasteiger partial charge in [0.2, 0.25) is 0 Å². The van der Waals surface area contributed by atoms with Crippen molar-refractivity contribution in [1.29, 1.82) is 0 Å². The summed E-state index contributed by atoms with van der Waals surface area (Å²) in [5, 5.41) is 3.32. The van der Waals surface area contributed by atoms with Crippen molar-refractivity contribution < 1.29 is 14.3 Å². The Morgan fingerprint density at radius 1 is 1.14 bits per heavy atom. The summed E-state index contributed by atoms with van der Waals surface area (Å²) in [5.41, 5.74) is 0.624. The second-order valence-corrected chi connectivity index (χ2v) is 4.66. The fourth-order valence-corrected chi connectivity index (χ4v) is 1.92. The molecule has 0 atom stereocenters. The fourth-order valence-electron chi connectivity index (χ4n) is 1.74. The van der Waals surface area contributed by atoms with E-state index in [1.807, 2.05) is 19.1 Å². The summed E-state index contributed by atoms with van der Waals surface area (Å²) >= 11 is 5.85. The number of rotatable bonds is 6. The molecule has 110 valence electrons. The lowest BCUT2D eigenvalue weighted by Gasteiger charge is -2.11. The molecular formula is C16H16ClNO3. The smallest absolute Gasteiger partial charge is 0.262 e. The first kappa shape index (κ1) is 15.2. The molecule has 2 aromatic carbocycles. The van der Waals surface area contributed by atoms with Gasteiger partial charge in [-0.05, 0) is 37.3 Å². The number of nitrogens with one attached hydrogen (secondary N) is 1. The monoisotopic (exact) mass is 305 g/mol. The Labute approximate surface area is 128 Å². The zero-order valence-electron chi connectivity index (χ0n) is 11.6. The summed E-state index contributed by atoms with van der Waals surface area (Å²) in [5.74, 6) is 0.925. The van der Waals surface area contributed by atoms with Gasteiger partial charge in [-0.1, -0.05) is 29.8 Å². The maximum Gasteiger partial charge on any atom is 0.262 e. The SMILES string of the molecule is CCOc1ccccc1NC(=O)COc1cccc(Cl)c1. The molecule has 0 aromatic heterocycles. The van der Waals surface area contributed by atoms with Gasteiger partial charge in [0.15, 0.2) is 6.61 Å².